The SMILES string of the molecule is CN(CC(=O)NC1CC1)c1nnc(CNC(C)(C)C)o1. The summed E-state index contributed by atoms with van der Waals surface area (Å²) in [6.45, 7) is 6.94. The fourth-order valence-electron chi connectivity index (χ4n) is 1.60. The number of hydrogen-bond donors (Lipinski definition) is 2. The van der Waals surface area contributed by atoms with Crippen LogP contribution in [0.25, 0.3) is 0 Å². The van der Waals surface area contributed by atoms with Gasteiger partial charge in [0.25, 0.3) is 0 Å². The molecule has 1 aliphatic rings. The number of carbonyl (C=O) groups is 1. The minimum absolute atomic E-state index is 0.00924. The second-order valence-corrected chi connectivity index (χ2v) is 6.28. The van der Waals surface area contributed by atoms with Crippen LogP contribution < -0.4 is 15.5 Å². The Labute approximate surface area is 119 Å². The third-order valence-corrected chi connectivity index (χ3v) is 2.88. The van der Waals surface area contributed by atoms with Crippen molar-refractivity contribution in [3.8, 4) is 0 Å². The highest BCUT2D eigenvalue weighted by atomic mass is 16.4. The number of likely N-dealkylation sites (N-methyl/N-ethyl adjacent to an activating group) is 1. The van der Waals surface area contributed by atoms with Gasteiger partial charge in [-0.25, -0.2) is 0 Å². The van der Waals surface area contributed by atoms with Gasteiger partial charge in [-0.05, 0) is 33.6 Å². The van der Waals surface area contributed by atoms with Crippen molar-refractivity contribution >= 4 is 11.9 Å². The molecule has 0 aromatic carbocycles. The largest absolute Gasteiger partial charge is 0.407 e. The predicted octanol–water partition coefficient (Wildman–Crippen LogP) is 0.672. The summed E-state index contributed by atoms with van der Waals surface area (Å²) in [7, 11) is 1.76. The van der Waals surface area contributed by atoms with Gasteiger partial charge in [0.2, 0.25) is 11.8 Å². The minimum atomic E-state index is -0.0115. The molecule has 0 radical (unpaired) electrons. The zero-order valence-corrected chi connectivity index (χ0v) is 12.6. The molecule has 2 rings (SSSR count). The standard InChI is InChI=1S/C13H23N5O2/c1-13(2,3)14-7-11-16-17-12(20-11)18(4)8-10(19)15-9-5-6-9/h9,14H,5-8H2,1-4H3,(H,15,19). The quantitative estimate of drug-likeness (QED) is 0.797. The van der Waals surface area contributed by atoms with Crippen LogP contribution in [0.2, 0.25) is 0 Å². The van der Waals surface area contributed by atoms with Gasteiger partial charge in [0, 0.05) is 18.6 Å². The zero-order valence-electron chi connectivity index (χ0n) is 12.6. The van der Waals surface area contributed by atoms with Crippen molar-refractivity contribution in [1.29, 1.82) is 0 Å². The van der Waals surface area contributed by atoms with Crippen LogP contribution in [-0.4, -0.2) is 41.3 Å². The first-order valence-corrected chi connectivity index (χ1v) is 6.91. The number of nitrogens with one attached hydrogen (secondary N) is 2. The highest BCUT2D eigenvalue weighted by molar-refractivity contribution is 5.81. The van der Waals surface area contributed by atoms with Crippen molar-refractivity contribution in [3.05, 3.63) is 5.89 Å². The summed E-state index contributed by atoms with van der Waals surface area (Å²) in [5.74, 6) is 0.506. The number of aromatic nitrogens is 2. The molecule has 1 saturated carbocycles. The highest BCUT2D eigenvalue weighted by Gasteiger charge is 2.24. The fourth-order valence-corrected chi connectivity index (χ4v) is 1.60. The second-order valence-electron chi connectivity index (χ2n) is 6.28. The molecule has 0 spiro atoms. The number of nitrogens with zero attached hydrogens (tertiary/aromatic N) is 3. The smallest absolute Gasteiger partial charge is 0.318 e. The molecule has 112 valence electrons. The molecule has 0 saturated heterocycles. The van der Waals surface area contributed by atoms with Crippen LogP contribution in [0.5, 0.6) is 0 Å². The summed E-state index contributed by atoms with van der Waals surface area (Å²) >= 11 is 0. The minimum Gasteiger partial charge on any atom is -0.407 e. The topological polar surface area (TPSA) is 83.3 Å². The predicted molar refractivity (Wildman–Crippen MR) is 75.3 cm³/mol. The van der Waals surface area contributed by atoms with E-state index in [-0.39, 0.29) is 18.0 Å². The fraction of sp³-hybridized carbons (Fsp3) is 0.769. The second kappa shape index (κ2) is 5.78. The summed E-state index contributed by atoms with van der Waals surface area (Å²) in [5, 5.41) is 14.1. The number of amides is 1. The van der Waals surface area contributed by atoms with E-state index in [9.17, 15) is 4.79 Å². The Morgan fingerprint density at radius 1 is 1.40 bits per heavy atom. The van der Waals surface area contributed by atoms with Gasteiger partial charge in [-0.1, -0.05) is 5.10 Å². The van der Waals surface area contributed by atoms with Gasteiger partial charge in [0.1, 0.15) is 6.54 Å². The maximum Gasteiger partial charge on any atom is 0.318 e. The van der Waals surface area contributed by atoms with Gasteiger partial charge in [0.05, 0.1) is 6.54 Å². The first-order chi connectivity index (χ1) is 9.33. The van der Waals surface area contributed by atoms with Crippen LogP contribution in [0.15, 0.2) is 4.42 Å². The molecule has 1 aromatic heterocycles. The lowest BCUT2D eigenvalue weighted by atomic mass is 10.1. The maximum absolute atomic E-state index is 11.7. The molecule has 1 amide bonds. The Morgan fingerprint density at radius 3 is 2.70 bits per heavy atom. The Balaban J connectivity index is 1.82. The van der Waals surface area contributed by atoms with E-state index in [2.05, 4.69) is 41.6 Å². The van der Waals surface area contributed by atoms with E-state index in [0.29, 0.717) is 24.5 Å². The Hall–Kier alpha value is -1.63. The van der Waals surface area contributed by atoms with Gasteiger partial charge in [-0.2, -0.15) is 0 Å². The van der Waals surface area contributed by atoms with E-state index in [1.165, 1.54) is 0 Å². The molecule has 7 nitrogen and oxygen atoms in total. The van der Waals surface area contributed by atoms with Crippen LogP contribution in [0, 0.1) is 0 Å². The first-order valence-electron chi connectivity index (χ1n) is 6.91. The van der Waals surface area contributed by atoms with Crippen molar-refractivity contribution in [2.45, 2.75) is 51.7 Å². The van der Waals surface area contributed by atoms with Crippen molar-refractivity contribution in [2.75, 3.05) is 18.5 Å². The summed E-state index contributed by atoms with van der Waals surface area (Å²) in [5.41, 5.74) is -0.00924. The third-order valence-electron chi connectivity index (χ3n) is 2.88. The lowest BCUT2D eigenvalue weighted by Crippen LogP contribution is -2.36. The van der Waals surface area contributed by atoms with E-state index >= 15 is 0 Å². The molecule has 1 heterocycles. The Morgan fingerprint density at radius 2 is 2.10 bits per heavy atom. The molecule has 0 unspecified atom stereocenters. The van der Waals surface area contributed by atoms with Crippen molar-refractivity contribution in [2.24, 2.45) is 0 Å². The molecule has 0 aliphatic heterocycles. The van der Waals surface area contributed by atoms with Crippen molar-refractivity contribution in [3.63, 3.8) is 0 Å². The highest BCUT2D eigenvalue weighted by Crippen LogP contribution is 2.18. The first kappa shape index (κ1) is 14.8. The van der Waals surface area contributed by atoms with E-state index in [0.717, 1.165) is 12.8 Å². The average Bonchev–Trinajstić information content (AvgIpc) is 3.00. The van der Waals surface area contributed by atoms with Gasteiger partial charge in [-0.15, -0.1) is 5.10 Å². The molecular formula is C13H23N5O2. The molecular weight excluding hydrogens is 258 g/mol. The van der Waals surface area contributed by atoms with Gasteiger partial charge in [-0.3, -0.25) is 4.79 Å². The molecule has 1 fully saturated rings. The third kappa shape index (κ3) is 4.80. The molecule has 20 heavy (non-hydrogen) atoms. The number of hydrogen-bond acceptors (Lipinski definition) is 6. The van der Waals surface area contributed by atoms with Crippen molar-refractivity contribution in [1.82, 2.24) is 20.8 Å². The van der Waals surface area contributed by atoms with Gasteiger partial charge in [0.15, 0.2) is 0 Å². The summed E-state index contributed by atoms with van der Waals surface area (Å²) < 4.78 is 5.52. The van der Waals surface area contributed by atoms with Crippen LogP contribution in [-0.2, 0) is 11.3 Å². The zero-order chi connectivity index (χ0) is 14.8. The molecule has 7 heteroatoms. The molecule has 1 aromatic rings. The Kier molecular flexibility index (Phi) is 4.27. The lowest BCUT2D eigenvalue weighted by Gasteiger charge is -2.18. The lowest BCUT2D eigenvalue weighted by molar-refractivity contribution is -0.119. The number of anilines is 1. The van der Waals surface area contributed by atoms with E-state index in [4.69, 9.17) is 4.42 Å². The van der Waals surface area contributed by atoms with E-state index in [1.807, 2.05) is 0 Å². The average molecular weight is 281 g/mol. The van der Waals surface area contributed by atoms with Crippen LogP contribution in [0.3, 0.4) is 0 Å². The van der Waals surface area contributed by atoms with Crippen LogP contribution >= 0.6 is 0 Å². The van der Waals surface area contributed by atoms with Crippen molar-refractivity contribution < 1.29 is 9.21 Å². The molecule has 0 bridgehead atoms. The monoisotopic (exact) mass is 281 g/mol. The Bertz CT molecular complexity index is 462. The molecule has 2 N–H and O–H groups in total. The summed E-state index contributed by atoms with van der Waals surface area (Å²) in [6, 6.07) is 0.729. The van der Waals surface area contributed by atoms with E-state index < -0.39 is 0 Å². The normalized spacial score (nSPS) is 15.2. The van der Waals surface area contributed by atoms with Gasteiger partial charge < -0.3 is 20.0 Å². The molecule has 1 aliphatic carbocycles. The van der Waals surface area contributed by atoms with Crippen LogP contribution in [0.4, 0.5) is 6.01 Å². The number of carbonyl (C=O) groups excluding carboxylic acids is 1. The van der Waals surface area contributed by atoms with Crippen LogP contribution in [0.1, 0.15) is 39.5 Å². The summed E-state index contributed by atoms with van der Waals surface area (Å²) in [6.07, 6.45) is 2.16. The molecule has 0 atom stereocenters. The van der Waals surface area contributed by atoms with E-state index in [1.54, 1.807) is 11.9 Å². The summed E-state index contributed by atoms with van der Waals surface area (Å²) in [4.78, 5) is 13.3. The number of rotatable bonds is 6. The van der Waals surface area contributed by atoms with Gasteiger partial charge >= 0.3 is 6.01 Å². The maximum atomic E-state index is 11.7.